The van der Waals surface area contributed by atoms with Gasteiger partial charge in [-0.25, -0.2) is 0 Å². The van der Waals surface area contributed by atoms with Gasteiger partial charge in [0.2, 0.25) is 5.91 Å². The summed E-state index contributed by atoms with van der Waals surface area (Å²) in [7, 11) is 2.02. The van der Waals surface area contributed by atoms with Gasteiger partial charge < -0.3 is 15.5 Å². The van der Waals surface area contributed by atoms with Crippen LogP contribution in [0.5, 0.6) is 0 Å². The van der Waals surface area contributed by atoms with Gasteiger partial charge in [-0.1, -0.05) is 0 Å². The van der Waals surface area contributed by atoms with Gasteiger partial charge in [-0.3, -0.25) is 4.79 Å². The van der Waals surface area contributed by atoms with E-state index in [9.17, 15) is 4.79 Å². The molecule has 4 heteroatoms. The topological polar surface area (TPSA) is 44.4 Å². The minimum absolute atomic E-state index is 0.245. The predicted octanol–water partition coefficient (Wildman–Crippen LogP) is 0.977. The average Bonchev–Trinajstić information content (AvgIpc) is 3.19. The Morgan fingerprint density at radius 1 is 1.22 bits per heavy atom. The van der Waals surface area contributed by atoms with Crippen LogP contribution in [-0.2, 0) is 4.79 Å². The van der Waals surface area contributed by atoms with Gasteiger partial charge in [-0.05, 0) is 64.7 Å². The predicted molar refractivity (Wildman–Crippen MR) is 73.5 cm³/mol. The lowest BCUT2D eigenvalue weighted by Crippen LogP contribution is -2.37. The lowest BCUT2D eigenvalue weighted by atomic mass is 9.93. The number of likely N-dealkylation sites (tertiary alicyclic amines) is 1. The highest BCUT2D eigenvalue weighted by atomic mass is 16.1. The largest absolute Gasteiger partial charge is 0.353 e. The van der Waals surface area contributed by atoms with Crippen molar-refractivity contribution in [2.75, 3.05) is 33.2 Å². The molecule has 2 N–H and O–H groups in total. The molecule has 0 aromatic rings. The van der Waals surface area contributed by atoms with Crippen molar-refractivity contribution in [3.63, 3.8) is 0 Å². The Morgan fingerprint density at radius 2 is 1.94 bits per heavy atom. The maximum absolute atomic E-state index is 11.6. The van der Waals surface area contributed by atoms with Gasteiger partial charge in [0.05, 0.1) is 0 Å². The number of amides is 1. The van der Waals surface area contributed by atoms with Crippen LogP contribution in [0.3, 0.4) is 0 Å². The highest BCUT2D eigenvalue weighted by molar-refractivity contribution is 5.76. The molecular weight excluding hydrogens is 226 g/mol. The second-order valence-electron chi connectivity index (χ2n) is 5.77. The highest BCUT2D eigenvalue weighted by Gasteiger charge is 2.24. The van der Waals surface area contributed by atoms with Crippen molar-refractivity contribution in [2.45, 2.75) is 44.6 Å². The van der Waals surface area contributed by atoms with Crippen molar-refractivity contribution in [3.8, 4) is 0 Å². The molecule has 1 saturated heterocycles. The SMILES string of the molecule is CNCCC1CCN(CCC(=O)NC2CC2)CC1. The van der Waals surface area contributed by atoms with E-state index in [1.807, 2.05) is 7.05 Å². The maximum atomic E-state index is 11.6. The first-order valence-electron chi connectivity index (χ1n) is 7.44. The minimum atomic E-state index is 0.245. The molecule has 2 fully saturated rings. The van der Waals surface area contributed by atoms with Crippen LogP contribution in [0.25, 0.3) is 0 Å². The molecule has 1 saturated carbocycles. The molecule has 18 heavy (non-hydrogen) atoms. The van der Waals surface area contributed by atoms with Crippen LogP contribution in [-0.4, -0.2) is 50.1 Å². The summed E-state index contributed by atoms with van der Waals surface area (Å²) in [4.78, 5) is 14.0. The Morgan fingerprint density at radius 3 is 2.56 bits per heavy atom. The summed E-state index contributed by atoms with van der Waals surface area (Å²) < 4.78 is 0. The number of nitrogens with zero attached hydrogens (tertiary/aromatic N) is 1. The molecule has 104 valence electrons. The molecule has 0 atom stereocenters. The zero-order chi connectivity index (χ0) is 12.8. The Labute approximate surface area is 110 Å². The van der Waals surface area contributed by atoms with Gasteiger partial charge in [-0.2, -0.15) is 0 Å². The Balaban J connectivity index is 1.53. The molecule has 2 rings (SSSR count). The summed E-state index contributed by atoms with van der Waals surface area (Å²) in [6.45, 7) is 4.42. The molecule has 0 bridgehead atoms. The third-order valence-electron chi connectivity index (χ3n) is 4.11. The third kappa shape index (κ3) is 4.94. The van der Waals surface area contributed by atoms with Crippen LogP contribution in [0.4, 0.5) is 0 Å². The Kier molecular flexibility index (Phi) is 5.45. The zero-order valence-electron chi connectivity index (χ0n) is 11.6. The van der Waals surface area contributed by atoms with E-state index in [4.69, 9.17) is 0 Å². The number of hydrogen-bond donors (Lipinski definition) is 2. The second-order valence-corrected chi connectivity index (χ2v) is 5.77. The molecule has 2 aliphatic rings. The fraction of sp³-hybridized carbons (Fsp3) is 0.929. The molecule has 1 heterocycles. The number of nitrogens with one attached hydrogen (secondary N) is 2. The summed E-state index contributed by atoms with van der Waals surface area (Å²) in [5.74, 6) is 1.13. The van der Waals surface area contributed by atoms with Crippen molar-refractivity contribution in [2.24, 2.45) is 5.92 Å². The van der Waals surface area contributed by atoms with Crippen LogP contribution in [0.2, 0.25) is 0 Å². The molecule has 1 aliphatic carbocycles. The van der Waals surface area contributed by atoms with E-state index in [2.05, 4.69) is 15.5 Å². The van der Waals surface area contributed by atoms with Crippen molar-refractivity contribution in [1.29, 1.82) is 0 Å². The highest BCUT2D eigenvalue weighted by Crippen LogP contribution is 2.20. The molecule has 0 aromatic carbocycles. The summed E-state index contributed by atoms with van der Waals surface area (Å²) in [5.41, 5.74) is 0. The molecule has 1 amide bonds. The van der Waals surface area contributed by atoms with Crippen molar-refractivity contribution >= 4 is 5.91 Å². The van der Waals surface area contributed by atoms with E-state index in [0.717, 1.165) is 19.0 Å². The number of rotatable bonds is 7. The van der Waals surface area contributed by atoms with Crippen LogP contribution in [0.15, 0.2) is 0 Å². The fourth-order valence-corrected chi connectivity index (χ4v) is 2.63. The van der Waals surface area contributed by atoms with E-state index in [0.29, 0.717) is 12.5 Å². The first-order chi connectivity index (χ1) is 8.78. The number of piperidine rings is 1. The molecule has 0 radical (unpaired) electrons. The maximum Gasteiger partial charge on any atom is 0.221 e. The van der Waals surface area contributed by atoms with Crippen molar-refractivity contribution < 1.29 is 4.79 Å². The first-order valence-corrected chi connectivity index (χ1v) is 7.44. The average molecular weight is 253 g/mol. The van der Waals surface area contributed by atoms with Crippen molar-refractivity contribution in [1.82, 2.24) is 15.5 Å². The fourth-order valence-electron chi connectivity index (χ4n) is 2.63. The molecule has 0 spiro atoms. The summed E-state index contributed by atoms with van der Waals surface area (Å²) in [6, 6.07) is 0.504. The number of carbonyl (C=O) groups is 1. The zero-order valence-corrected chi connectivity index (χ0v) is 11.6. The monoisotopic (exact) mass is 253 g/mol. The van der Waals surface area contributed by atoms with Crippen molar-refractivity contribution in [3.05, 3.63) is 0 Å². The van der Waals surface area contributed by atoms with Crippen LogP contribution in [0.1, 0.15) is 38.5 Å². The molecule has 4 nitrogen and oxygen atoms in total. The van der Waals surface area contributed by atoms with E-state index in [1.54, 1.807) is 0 Å². The van der Waals surface area contributed by atoms with E-state index in [1.165, 1.54) is 45.2 Å². The molecule has 0 unspecified atom stereocenters. The Bertz CT molecular complexity index is 258. The lowest BCUT2D eigenvalue weighted by molar-refractivity contribution is -0.121. The standard InChI is InChI=1S/C14H27N3O/c1-15-8-4-12-5-9-17(10-6-12)11-7-14(18)16-13-2-3-13/h12-13,15H,2-11H2,1H3,(H,16,18). The quantitative estimate of drug-likeness (QED) is 0.711. The van der Waals surface area contributed by atoms with Gasteiger partial charge in [0, 0.05) is 19.0 Å². The van der Waals surface area contributed by atoms with Gasteiger partial charge in [0.1, 0.15) is 0 Å². The van der Waals surface area contributed by atoms with E-state index in [-0.39, 0.29) is 5.91 Å². The van der Waals surface area contributed by atoms with E-state index < -0.39 is 0 Å². The van der Waals surface area contributed by atoms with E-state index >= 15 is 0 Å². The number of hydrogen-bond acceptors (Lipinski definition) is 3. The summed E-state index contributed by atoms with van der Waals surface area (Å²) in [5, 5.41) is 6.28. The molecule has 0 aromatic heterocycles. The lowest BCUT2D eigenvalue weighted by Gasteiger charge is -2.31. The smallest absolute Gasteiger partial charge is 0.221 e. The van der Waals surface area contributed by atoms with Gasteiger partial charge in [0.25, 0.3) is 0 Å². The van der Waals surface area contributed by atoms with Crippen LogP contribution >= 0.6 is 0 Å². The van der Waals surface area contributed by atoms with Gasteiger partial charge in [-0.15, -0.1) is 0 Å². The molecule has 1 aliphatic heterocycles. The normalized spacial score (nSPS) is 22.1. The van der Waals surface area contributed by atoms with Crippen LogP contribution < -0.4 is 10.6 Å². The van der Waals surface area contributed by atoms with Gasteiger partial charge >= 0.3 is 0 Å². The number of carbonyl (C=O) groups excluding carboxylic acids is 1. The molecular formula is C14H27N3O. The third-order valence-corrected chi connectivity index (χ3v) is 4.11. The minimum Gasteiger partial charge on any atom is -0.353 e. The Hall–Kier alpha value is -0.610. The van der Waals surface area contributed by atoms with Gasteiger partial charge in [0.15, 0.2) is 0 Å². The summed E-state index contributed by atoms with van der Waals surface area (Å²) in [6.07, 6.45) is 6.94. The van der Waals surface area contributed by atoms with Crippen LogP contribution in [0, 0.1) is 5.92 Å². The second kappa shape index (κ2) is 7.10. The summed E-state index contributed by atoms with van der Waals surface area (Å²) >= 11 is 0. The first kappa shape index (κ1) is 13.8.